The van der Waals surface area contributed by atoms with Gasteiger partial charge in [0.15, 0.2) is 0 Å². The highest BCUT2D eigenvalue weighted by atomic mass is 32.1. The number of hydrogen-bond acceptors (Lipinski definition) is 4. The quantitative estimate of drug-likeness (QED) is 0.909. The second kappa shape index (κ2) is 6.03. The Morgan fingerprint density at radius 2 is 2.37 bits per heavy atom. The van der Waals surface area contributed by atoms with Gasteiger partial charge in [-0.25, -0.2) is 0 Å². The van der Waals surface area contributed by atoms with Crippen molar-refractivity contribution >= 4 is 17.2 Å². The Balaban J connectivity index is 2.00. The van der Waals surface area contributed by atoms with Crippen molar-refractivity contribution in [3.8, 4) is 0 Å². The minimum atomic E-state index is -0.504. The number of hydrogen-bond donors (Lipinski definition) is 1. The Morgan fingerprint density at radius 3 is 3.00 bits per heavy atom. The molecule has 2 atom stereocenters. The fourth-order valence-corrected chi connectivity index (χ4v) is 3.45. The Morgan fingerprint density at radius 1 is 1.63 bits per heavy atom. The van der Waals surface area contributed by atoms with Gasteiger partial charge in [-0.1, -0.05) is 0 Å². The Hall–Kier alpha value is -0.910. The number of piperidine rings is 1. The molecule has 1 fully saturated rings. The zero-order chi connectivity index (χ0) is 14.0. The Labute approximate surface area is 118 Å². The number of nitrogens with zero attached hydrogens (tertiary/aromatic N) is 2. The standard InChI is InChI=1S/C14H22N2O2S/c1-10-5-7-19-13(10)9-16(3)14(18)11-8-15(2)6-4-12(11)17/h5,7,11-12,17H,4,6,8-9H2,1-3H3/t11-,12-/m1/s1. The molecule has 0 radical (unpaired) electrons. The third-order valence-electron chi connectivity index (χ3n) is 3.82. The third-order valence-corrected chi connectivity index (χ3v) is 4.83. The minimum Gasteiger partial charge on any atom is -0.392 e. The summed E-state index contributed by atoms with van der Waals surface area (Å²) in [6, 6.07) is 2.07. The van der Waals surface area contributed by atoms with E-state index in [0.717, 1.165) is 6.54 Å². The van der Waals surface area contributed by atoms with Crippen LogP contribution in [-0.2, 0) is 11.3 Å². The van der Waals surface area contributed by atoms with Crippen molar-refractivity contribution in [1.29, 1.82) is 0 Å². The Bertz CT molecular complexity index is 446. The molecule has 0 saturated carbocycles. The van der Waals surface area contributed by atoms with Crippen molar-refractivity contribution in [2.75, 3.05) is 27.2 Å². The first-order chi connectivity index (χ1) is 8.99. The lowest BCUT2D eigenvalue weighted by molar-refractivity contribution is -0.141. The van der Waals surface area contributed by atoms with Gasteiger partial charge in [-0.05, 0) is 37.4 Å². The van der Waals surface area contributed by atoms with E-state index in [0.29, 0.717) is 19.5 Å². The summed E-state index contributed by atoms with van der Waals surface area (Å²) in [5, 5.41) is 12.1. The van der Waals surface area contributed by atoms with E-state index in [1.54, 1.807) is 16.2 Å². The van der Waals surface area contributed by atoms with Crippen LogP contribution in [-0.4, -0.2) is 54.1 Å². The molecule has 1 aliphatic heterocycles. The van der Waals surface area contributed by atoms with Gasteiger partial charge in [0.2, 0.25) is 5.91 Å². The first-order valence-electron chi connectivity index (χ1n) is 6.63. The number of aliphatic hydroxyl groups excluding tert-OH is 1. The van der Waals surface area contributed by atoms with Crippen molar-refractivity contribution in [2.24, 2.45) is 5.92 Å². The number of amides is 1. The molecule has 0 unspecified atom stereocenters. The average Bonchev–Trinajstić information content (AvgIpc) is 2.77. The lowest BCUT2D eigenvalue weighted by Crippen LogP contribution is -2.48. The summed E-state index contributed by atoms with van der Waals surface area (Å²) >= 11 is 1.68. The second-order valence-electron chi connectivity index (χ2n) is 5.45. The normalized spacial score (nSPS) is 24.4. The second-order valence-corrected chi connectivity index (χ2v) is 6.45. The number of thiophene rings is 1. The van der Waals surface area contributed by atoms with Gasteiger partial charge < -0.3 is 14.9 Å². The van der Waals surface area contributed by atoms with E-state index in [4.69, 9.17) is 0 Å². The van der Waals surface area contributed by atoms with E-state index >= 15 is 0 Å². The summed E-state index contributed by atoms with van der Waals surface area (Å²) in [6.07, 6.45) is 0.175. The molecule has 4 nitrogen and oxygen atoms in total. The fourth-order valence-electron chi connectivity index (χ4n) is 2.49. The topological polar surface area (TPSA) is 43.8 Å². The number of aryl methyl sites for hydroxylation is 1. The van der Waals surface area contributed by atoms with Crippen molar-refractivity contribution < 1.29 is 9.90 Å². The van der Waals surface area contributed by atoms with E-state index in [9.17, 15) is 9.90 Å². The van der Waals surface area contributed by atoms with E-state index in [-0.39, 0.29) is 11.8 Å². The lowest BCUT2D eigenvalue weighted by Gasteiger charge is -2.35. The monoisotopic (exact) mass is 282 g/mol. The molecular formula is C14H22N2O2S. The van der Waals surface area contributed by atoms with Gasteiger partial charge >= 0.3 is 0 Å². The van der Waals surface area contributed by atoms with Gasteiger partial charge in [-0.2, -0.15) is 0 Å². The van der Waals surface area contributed by atoms with Crippen LogP contribution in [0.3, 0.4) is 0 Å². The molecular weight excluding hydrogens is 260 g/mol. The molecule has 1 N–H and O–H groups in total. The van der Waals surface area contributed by atoms with Crippen LogP contribution in [0, 0.1) is 12.8 Å². The zero-order valence-corrected chi connectivity index (χ0v) is 12.6. The van der Waals surface area contributed by atoms with Gasteiger partial charge in [0, 0.05) is 25.0 Å². The molecule has 106 valence electrons. The zero-order valence-electron chi connectivity index (χ0n) is 11.8. The van der Waals surface area contributed by atoms with Crippen LogP contribution in [0.4, 0.5) is 0 Å². The molecule has 1 aromatic heterocycles. The molecule has 0 aliphatic carbocycles. The molecule has 19 heavy (non-hydrogen) atoms. The molecule has 0 spiro atoms. The number of carbonyl (C=O) groups is 1. The smallest absolute Gasteiger partial charge is 0.229 e. The predicted molar refractivity (Wildman–Crippen MR) is 77.1 cm³/mol. The van der Waals surface area contributed by atoms with Crippen molar-refractivity contribution in [2.45, 2.75) is 26.0 Å². The predicted octanol–water partition coefficient (Wildman–Crippen LogP) is 1.33. The summed E-state index contributed by atoms with van der Waals surface area (Å²) in [6.45, 7) is 4.20. The van der Waals surface area contributed by atoms with E-state index in [1.165, 1.54) is 10.4 Å². The maximum Gasteiger partial charge on any atom is 0.229 e. The van der Waals surface area contributed by atoms with Crippen LogP contribution in [0.25, 0.3) is 0 Å². The highest BCUT2D eigenvalue weighted by Crippen LogP contribution is 2.21. The van der Waals surface area contributed by atoms with E-state index in [2.05, 4.69) is 17.9 Å². The molecule has 1 amide bonds. The van der Waals surface area contributed by atoms with Crippen LogP contribution in [0.15, 0.2) is 11.4 Å². The van der Waals surface area contributed by atoms with Crippen molar-refractivity contribution in [3.63, 3.8) is 0 Å². The van der Waals surface area contributed by atoms with Crippen molar-refractivity contribution in [1.82, 2.24) is 9.80 Å². The molecule has 1 saturated heterocycles. The van der Waals surface area contributed by atoms with Crippen LogP contribution in [0.1, 0.15) is 16.9 Å². The first-order valence-corrected chi connectivity index (χ1v) is 7.51. The molecule has 1 aliphatic rings. The average molecular weight is 282 g/mol. The van der Waals surface area contributed by atoms with Crippen LogP contribution >= 0.6 is 11.3 Å². The summed E-state index contributed by atoms with van der Waals surface area (Å²) in [5.74, 6) is -0.240. The number of likely N-dealkylation sites (tertiary alicyclic amines) is 1. The number of carbonyl (C=O) groups excluding carboxylic acids is 1. The highest BCUT2D eigenvalue weighted by Gasteiger charge is 2.33. The SMILES string of the molecule is Cc1ccsc1CN(C)C(=O)[C@@H]1CN(C)CC[C@H]1O. The van der Waals surface area contributed by atoms with E-state index < -0.39 is 6.10 Å². The summed E-state index contributed by atoms with van der Waals surface area (Å²) in [5.41, 5.74) is 1.23. The maximum absolute atomic E-state index is 12.4. The van der Waals surface area contributed by atoms with Crippen LogP contribution in [0.5, 0.6) is 0 Å². The van der Waals surface area contributed by atoms with Crippen molar-refractivity contribution in [3.05, 3.63) is 21.9 Å². The molecule has 2 heterocycles. The molecule has 0 bridgehead atoms. The minimum absolute atomic E-state index is 0.0480. The molecule has 1 aromatic rings. The Kier molecular flexibility index (Phi) is 4.60. The van der Waals surface area contributed by atoms with Crippen LogP contribution < -0.4 is 0 Å². The first kappa shape index (κ1) is 14.5. The number of aliphatic hydroxyl groups is 1. The fraction of sp³-hybridized carbons (Fsp3) is 0.643. The third kappa shape index (κ3) is 3.35. The number of rotatable bonds is 3. The molecule has 5 heteroatoms. The van der Waals surface area contributed by atoms with Gasteiger partial charge in [0.05, 0.1) is 18.6 Å². The van der Waals surface area contributed by atoms with Crippen LogP contribution in [0.2, 0.25) is 0 Å². The largest absolute Gasteiger partial charge is 0.392 e. The summed E-state index contributed by atoms with van der Waals surface area (Å²) in [7, 11) is 3.82. The van der Waals surface area contributed by atoms with Gasteiger partial charge in [-0.15, -0.1) is 11.3 Å². The highest BCUT2D eigenvalue weighted by molar-refractivity contribution is 7.10. The van der Waals surface area contributed by atoms with Gasteiger partial charge in [0.25, 0.3) is 0 Å². The molecule has 2 rings (SSSR count). The maximum atomic E-state index is 12.4. The molecule has 0 aromatic carbocycles. The summed E-state index contributed by atoms with van der Waals surface area (Å²) < 4.78 is 0. The van der Waals surface area contributed by atoms with Gasteiger partial charge in [-0.3, -0.25) is 4.79 Å². The summed E-state index contributed by atoms with van der Waals surface area (Å²) in [4.78, 5) is 17.5. The lowest BCUT2D eigenvalue weighted by atomic mass is 9.93. The van der Waals surface area contributed by atoms with Gasteiger partial charge in [0.1, 0.15) is 0 Å². The van der Waals surface area contributed by atoms with E-state index in [1.807, 2.05) is 19.5 Å².